The van der Waals surface area contributed by atoms with Gasteiger partial charge in [0.15, 0.2) is 0 Å². The Morgan fingerprint density at radius 2 is 2.15 bits per heavy atom. The topological polar surface area (TPSA) is 23.5 Å². The average molecular weight is 181 g/mol. The fourth-order valence-corrected chi connectivity index (χ4v) is 2.80. The van der Waals surface area contributed by atoms with E-state index in [-0.39, 0.29) is 6.10 Å². The van der Waals surface area contributed by atoms with Crippen LogP contribution >= 0.6 is 0 Å². The Labute approximate surface area is 80.2 Å². The van der Waals surface area contributed by atoms with E-state index in [1.54, 1.807) is 0 Å². The van der Waals surface area contributed by atoms with Gasteiger partial charge in [-0.2, -0.15) is 0 Å². The minimum absolute atomic E-state index is 0.159. The molecule has 3 atom stereocenters. The third-order valence-corrected chi connectivity index (χ3v) is 3.58. The van der Waals surface area contributed by atoms with E-state index in [1.165, 1.54) is 19.4 Å². The van der Waals surface area contributed by atoms with Crippen LogP contribution in [0.15, 0.2) is 12.2 Å². The van der Waals surface area contributed by atoms with E-state index in [0.717, 1.165) is 18.5 Å². The Morgan fingerprint density at radius 3 is 2.85 bits per heavy atom. The van der Waals surface area contributed by atoms with Crippen molar-refractivity contribution >= 4 is 0 Å². The van der Waals surface area contributed by atoms with Crippen molar-refractivity contribution in [1.82, 2.24) is 4.90 Å². The Balaban J connectivity index is 2.08. The summed E-state index contributed by atoms with van der Waals surface area (Å²) in [7, 11) is 0. The number of nitrogens with zero attached hydrogens (tertiary/aromatic N) is 1. The lowest BCUT2D eigenvalue weighted by Crippen LogP contribution is -2.49. The molecule has 1 N–H and O–H groups in total. The van der Waals surface area contributed by atoms with Crippen LogP contribution < -0.4 is 0 Å². The molecular formula is C11H19NO. The van der Waals surface area contributed by atoms with Gasteiger partial charge in [-0.1, -0.05) is 12.2 Å². The standard InChI is InChI=1S/C11H19NO/c1-8(2)9-5-7-12-6-3-4-10(12)11(9)13/h9-11,13H,1,3-7H2,2H3/t9-,10+,11+/m0/s1. The Bertz CT molecular complexity index is 214. The largest absolute Gasteiger partial charge is 0.391 e. The van der Waals surface area contributed by atoms with E-state index in [1.807, 2.05) is 6.92 Å². The zero-order chi connectivity index (χ0) is 9.42. The second-order valence-electron chi connectivity index (χ2n) is 4.48. The summed E-state index contributed by atoms with van der Waals surface area (Å²) in [6.07, 6.45) is 3.36. The van der Waals surface area contributed by atoms with E-state index in [0.29, 0.717) is 12.0 Å². The van der Waals surface area contributed by atoms with E-state index >= 15 is 0 Å². The molecule has 2 saturated heterocycles. The van der Waals surface area contributed by atoms with Crippen LogP contribution in [0, 0.1) is 5.92 Å². The minimum atomic E-state index is -0.159. The summed E-state index contributed by atoms with van der Waals surface area (Å²) in [4.78, 5) is 2.43. The van der Waals surface area contributed by atoms with Crippen molar-refractivity contribution in [3.8, 4) is 0 Å². The van der Waals surface area contributed by atoms with Crippen LogP contribution in [0.5, 0.6) is 0 Å². The van der Waals surface area contributed by atoms with Crippen molar-refractivity contribution < 1.29 is 5.11 Å². The molecule has 0 bridgehead atoms. The molecule has 2 fully saturated rings. The molecule has 0 spiro atoms. The van der Waals surface area contributed by atoms with Crippen molar-refractivity contribution in [2.24, 2.45) is 5.92 Å². The molecule has 2 heteroatoms. The van der Waals surface area contributed by atoms with Crippen LogP contribution in [0.1, 0.15) is 26.2 Å². The maximum Gasteiger partial charge on any atom is 0.0760 e. The second kappa shape index (κ2) is 3.43. The molecule has 2 rings (SSSR count). The molecule has 13 heavy (non-hydrogen) atoms. The summed E-state index contributed by atoms with van der Waals surface area (Å²) in [6, 6.07) is 0.426. The Hall–Kier alpha value is -0.340. The van der Waals surface area contributed by atoms with Gasteiger partial charge in [0.1, 0.15) is 0 Å². The fourth-order valence-electron chi connectivity index (χ4n) is 2.80. The number of piperidine rings is 1. The molecule has 74 valence electrons. The normalized spacial score (nSPS) is 40.3. The maximum absolute atomic E-state index is 10.1. The van der Waals surface area contributed by atoms with Crippen LogP contribution in [0.3, 0.4) is 0 Å². The fraction of sp³-hybridized carbons (Fsp3) is 0.818. The van der Waals surface area contributed by atoms with E-state index < -0.39 is 0 Å². The smallest absolute Gasteiger partial charge is 0.0760 e. The van der Waals surface area contributed by atoms with Gasteiger partial charge in [-0.15, -0.1) is 0 Å². The zero-order valence-corrected chi connectivity index (χ0v) is 8.37. The molecule has 0 radical (unpaired) electrons. The van der Waals surface area contributed by atoms with Gasteiger partial charge in [0.05, 0.1) is 6.10 Å². The average Bonchev–Trinajstić information content (AvgIpc) is 2.52. The highest BCUT2D eigenvalue weighted by molar-refractivity contribution is 5.06. The van der Waals surface area contributed by atoms with Crippen LogP contribution in [0.25, 0.3) is 0 Å². The van der Waals surface area contributed by atoms with Gasteiger partial charge >= 0.3 is 0 Å². The lowest BCUT2D eigenvalue weighted by molar-refractivity contribution is 0.00191. The lowest BCUT2D eigenvalue weighted by Gasteiger charge is -2.39. The van der Waals surface area contributed by atoms with Crippen LogP contribution in [0.2, 0.25) is 0 Å². The summed E-state index contributed by atoms with van der Waals surface area (Å²) in [5.41, 5.74) is 1.15. The van der Waals surface area contributed by atoms with Gasteiger partial charge in [-0.05, 0) is 39.3 Å². The molecule has 0 saturated carbocycles. The Kier molecular flexibility index (Phi) is 2.43. The predicted molar refractivity (Wildman–Crippen MR) is 53.5 cm³/mol. The van der Waals surface area contributed by atoms with Gasteiger partial charge in [-0.25, -0.2) is 0 Å². The highest BCUT2D eigenvalue weighted by Gasteiger charge is 2.39. The number of aliphatic hydroxyl groups is 1. The monoisotopic (exact) mass is 181 g/mol. The molecular weight excluding hydrogens is 162 g/mol. The molecule has 0 amide bonds. The van der Waals surface area contributed by atoms with Gasteiger partial charge in [0, 0.05) is 12.0 Å². The molecule has 0 unspecified atom stereocenters. The zero-order valence-electron chi connectivity index (χ0n) is 8.37. The number of hydrogen-bond acceptors (Lipinski definition) is 2. The number of aliphatic hydroxyl groups excluding tert-OH is 1. The number of fused-ring (bicyclic) bond motifs is 1. The third kappa shape index (κ3) is 1.53. The maximum atomic E-state index is 10.1. The Morgan fingerprint density at radius 1 is 1.38 bits per heavy atom. The first-order valence-corrected chi connectivity index (χ1v) is 5.27. The summed E-state index contributed by atoms with van der Waals surface area (Å²) >= 11 is 0. The number of hydrogen-bond donors (Lipinski definition) is 1. The minimum Gasteiger partial charge on any atom is -0.391 e. The summed E-state index contributed by atoms with van der Waals surface area (Å²) in [5, 5.41) is 10.1. The van der Waals surface area contributed by atoms with Crippen molar-refractivity contribution in [2.75, 3.05) is 13.1 Å². The second-order valence-corrected chi connectivity index (χ2v) is 4.48. The molecule has 2 nitrogen and oxygen atoms in total. The van der Waals surface area contributed by atoms with Gasteiger partial charge in [-0.3, -0.25) is 4.90 Å². The predicted octanol–water partition coefficient (Wildman–Crippen LogP) is 1.41. The van der Waals surface area contributed by atoms with Crippen LogP contribution in [-0.4, -0.2) is 35.2 Å². The summed E-state index contributed by atoms with van der Waals surface area (Å²) in [6.45, 7) is 8.34. The lowest BCUT2D eigenvalue weighted by atomic mass is 9.84. The van der Waals surface area contributed by atoms with E-state index in [4.69, 9.17) is 0 Å². The highest BCUT2D eigenvalue weighted by atomic mass is 16.3. The molecule has 2 heterocycles. The first-order valence-electron chi connectivity index (χ1n) is 5.27. The van der Waals surface area contributed by atoms with Gasteiger partial charge < -0.3 is 5.11 Å². The van der Waals surface area contributed by atoms with Crippen LogP contribution in [-0.2, 0) is 0 Å². The van der Waals surface area contributed by atoms with E-state index in [2.05, 4.69) is 11.5 Å². The van der Waals surface area contributed by atoms with Crippen molar-refractivity contribution in [1.29, 1.82) is 0 Å². The van der Waals surface area contributed by atoms with Crippen LogP contribution in [0.4, 0.5) is 0 Å². The SMILES string of the molecule is C=C(C)[C@@H]1CCN2CCC[C@@H]2[C@@H]1O. The molecule has 0 aromatic heterocycles. The third-order valence-electron chi connectivity index (χ3n) is 3.58. The quantitative estimate of drug-likeness (QED) is 0.618. The summed E-state index contributed by atoms with van der Waals surface area (Å²) < 4.78 is 0. The van der Waals surface area contributed by atoms with Crippen molar-refractivity contribution in [3.63, 3.8) is 0 Å². The highest BCUT2D eigenvalue weighted by Crippen LogP contribution is 2.33. The first kappa shape index (κ1) is 9.22. The van der Waals surface area contributed by atoms with Gasteiger partial charge in [0.2, 0.25) is 0 Å². The molecule has 2 aliphatic rings. The van der Waals surface area contributed by atoms with Gasteiger partial charge in [0.25, 0.3) is 0 Å². The molecule has 2 aliphatic heterocycles. The molecule has 0 aromatic rings. The molecule has 0 aromatic carbocycles. The van der Waals surface area contributed by atoms with E-state index in [9.17, 15) is 5.11 Å². The van der Waals surface area contributed by atoms with Crippen molar-refractivity contribution in [3.05, 3.63) is 12.2 Å². The molecule has 0 aliphatic carbocycles. The summed E-state index contributed by atoms with van der Waals surface area (Å²) in [5.74, 6) is 0.347. The first-order chi connectivity index (χ1) is 6.20. The van der Waals surface area contributed by atoms with Crippen molar-refractivity contribution in [2.45, 2.75) is 38.3 Å². The number of rotatable bonds is 1.